The number of nitrogens with zero attached hydrogens (tertiary/aromatic N) is 1. The molecule has 1 fully saturated rings. The largest absolute Gasteiger partial charge is 0.385 e. The molecule has 0 unspecified atom stereocenters. The van der Waals surface area contributed by atoms with Crippen LogP contribution in [-0.2, 0) is 4.74 Å². The molecule has 0 aliphatic heterocycles. The maximum absolute atomic E-state index is 6.06. The maximum atomic E-state index is 6.06. The highest BCUT2D eigenvalue weighted by Gasteiger charge is 2.39. The third-order valence-electron chi connectivity index (χ3n) is 4.57. The summed E-state index contributed by atoms with van der Waals surface area (Å²) in [4.78, 5) is 2.47. The Morgan fingerprint density at radius 2 is 1.76 bits per heavy atom. The maximum Gasteiger partial charge on any atom is 0.0474 e. The van der Waals surface area contributed by atoms with Gasteiger partial charge in [-0.25, -0.2) is 0 Å². The van der Waals surface area contributed by atoms with Crippen LogP contribution in [0, 0.1) is 5.41 Å². The zero-order chi connectivity index (χ0) is 12.9. The van der Waals surface area contributed by atoms with Crippen LogP contribution < -0.4 is 5.73 Å². The van der Waals surface area contributed by atoms with Crippen molar-refractivity contribution in [1.29, 1.82) is 0 Å². The summed E-state index contributed by atoms with van der Waals surface area (Å²) in [5, 5.41) is 0. The van der Waals surface area contributed by atoms with E-state index in [1.807, 2.05) is 0 Å². The fraction of sp³-hybridized carbons (Fsp3) is 1.00. The zero-order valence-electron chi connectivity index (χ0n) is 12.1. The Labute approximate surface area is 107 Å². The Kier molecular flexibility index (Phi) is 5.42. The van der Waals surface area contributed by atoms with Gasteiger partial charge in [0.05, 0.1) is 0 Å². The molecule has 0 aromatic carbocycles. The predicted octanol–water partition coefficient (Wildman–Crippen LogP) is 2.25. The Bertz CT molecular complexity index is 218. The third-order valence-corrected chi connectivity index (χ3v) is 4.57. The van der Waals surface area contributed by atoms with E-state index in [0.717, 1.165) is 26.1 Å². The summed E-state index contributed by atoms with van der Waals surface area (Å²) in [6, 6.07) is 0. The molecule has 0 heterocycles. The summed E-state index contributed by atoms with van der Waals surface area (Å²) in [6.07, 6.45) is 6.15. The minimum absolute atomic E-state index is 0.239. The summed E-state index contributed by atoms with van der Waals surface area (Å²) in [6.45, 7) is 7.46. The minimum atomic E-state index is 0.239. The normalized spacial score (nSPS) is 22.9. The quantitative estimate of drug-likeness (QED) is 0.726. The lowest BCUT2D eigenvalue weighted by Gasteiger charge is -2.48. The summed E-state index contributed by atoms with van der Waals surface area (Å²) < 4.78 is 5.12. The van der Waals surface area contributed by atoms with Crippen LogP contribution >= 0.6 is 0 Å². The van der Waals surface area contributed by atoms with E-state index in [-0.39, 0.29) is 5.54 Å². The molecular weight excluding hydrogens is 212 g/mol. The van der Waals surface area contributed by atoms with Gasteiger partial charge in [-0.1, -0.05) is 13.8 Å². The molecule has 1 aliphatic carbocycles. The lowest BCUT2D eigenvalue weighted by Crippen LogP contribution is -2.55. The minimum Gasteiger partial charge on any atom is -0.385 e. The van der Waals surface area contributed by atoms with Gasteiger partial charge in [0.2, 0.25) is 0 Å². The Morgan fingerprint density at radius 1 is 1.18 bits per heavy atom. The van der Waals surface area contributed by atoms with E-state index in [4.69, 9.17) is 10.5 Å². The number of hydrogen-bond donors (Lipinski definition) is 1. The molecule has 0 aromatic rings. The molecule has 0 amide bonds. The third kappa shape index (κ3) is 3.94. The van der Waals surface area contributed by atoms with Crippen molar-refractivity contribution in [1.82, 2.24) is 4.90 Å². The van der Waals surface area contributed by atoms with Crippen LogP contribution in [0.4, 0.5) is 0 Å². The first kappa shape index (κ1) is 14.9. The van der Waals surface area contributed by atoms with Crippen LogP contribution in [0.15, 0.2) is 0 Å². The fourth-order valence-electron chi connectivity index (χ4n) is 2.82. The Balaban J connectivity index is 2.51. The molecule has 1 rings (SSSR count). The molecule has 0 saturated heterocycles. The van der Waals surface area contributed by atoms with E-state index < -0.39 is 0 Å². The second-order valence-electron chi connectivity index (χ2n) is 6.36. The van der Waals surface area contributed by atoms with E-state index in [2.05, 4.69) is 25.8 Å². The molecule has 3 nitrogen and oxygen atoms in total. The highest BCUT2D eigenvalue weighted by atomic mass is 16.5. The summed E-state index contributed by atoms with van der Waals surface area (Å²) >= 11 is 0. The van der Waals surface area contributed by atoms with Gasteiger partial charge in [-0.3, -0.25) is 4.90 Å². The lowest BCUT2D eigenvalue weighted by molar-refractivity contribution is 0.0361. The molecule has 0 radical (unpaired) electrons. The smallest absolute Gasteiger partial charge is 0.0474 e. The van der Waals surface area contributed by atoms with Gasteiger partial charge in [0.1, 0.15) is 0 Å². The van der Waals surface area contributed by atoms with E-state index in [1.54, 1.807) is 7.11 Å². The molecule has 3 heteroatoms. The van der Waals surface area contributed by atoms with Crippen molar-refractivity contribution in [2.75, 3.05) is 33.9 Å². The van der Waals surface area contributed by atoms with Crippen molar-refractivity contribution in [2.45, 2.75) is 51.5 Å². The average molecular weight is 242 g/mol. The van der Waals surface area contributed by atoms with E-state index in [9.17, 15) is 0 Å². The molecule has 0 spiro atoms. The van der Waals surface area contributed by atoms with Crippen molar-refractivity contribution in [2.24, 2.45) is 11.1 Å². The van der Waals surface area contributed by atoms with Gasteiger partial charge >= 0.3 is 0 Å². The van der Waals surface area contributed by atoms with Crippen LogP contribution in [0.25, 0.3) is 0 Å². The van der Waals surface area contributed by atoms with Crippen LogP contribution in [0.2, 0.25) is 0 Å². The lowest BCUT2D eigenvalue weighted by atomic mass is 9.69. The van der Waals surface area contributed by atoms with Gasteiger partial charge in [-0.2, -0.15) is 0 Å². The predicted molar refractivity (Wildman–Crippen MR) is 73.2 cm³/mol. The second kappa shape index (κ2) is 6.17. The van der Waals surface area contributed by atoms with Crippen LogP contribution in [0.5, 0.6) is 0 Å². The van der Waals surface area contributed by atoms with Crippen LogP contribution in [0.3, 0.4) is 0 Å². The number of likely N-dealkylation sites (N-methyl/N-ethyl adjacent to an activating group) is 1. The van der Waals surface area contributed by atoms with Gasteiger partial charge in [0.15, 0.2) is 0 Å². The number of hydrogen-bond acceptors (Lipinski definition) is 3. The Hall–Kier alpha value is -0.120. The second-order valence-corrected chi connectivity index (χ2v) is 6.36. The molecule has 102 valence electrons. The number of ether oxygens (including phenoxy) is 1. The zero-order valence-corrected chi connectivity index (χ0v) is 12.1. The van der Waals surface area contributed by atoms with Crippen molar-refractivity contribution in [3.05, 3.63) is 0 Å². The van der Waals surface area contributed by atoms with Crippen molar-refractivity contribution in [3.8, 4) is 0 Å². The summed E-state index contributed by atoms with van der Waals surface area (Å²) in [5.74, 6) is 0. The van der Waals surface area contributed by atoms with Crippen molar-refractivity contribution < 1.29 is 4.74 Å². The van der Waals surface area contributed by atoms with Crippen molar-refractivity contribution >= 4 is 0 Å². The molecule has 17 heavy (non-hydrogen) atoms. The average Bonchev–Trinajstić information content (AvgIpc) is 2.30. The molecular formula is C14H30N2O. The number of nitrogens with two attached hydrogens (primary N) is 1. The molecule has 1 aliphatic rings. The topological polar surface area (TPSA) is 38.5 Å². The molecule has 0 atom stereocenters. The van der Waals surface area contributed by atoms with Gasteiger partial charge in [0.25, 0.3) is 0 Å². The highest BCUT2D eigenvalue weighted by Crippen LogP contribution is 2.42. The Morgan fingerprint density at radius 3 is 2.24 bits per heavy atom. The first-order valence-corrected chi connectivity index (χ1v) is 6.86. The van der Waals surface area contributed by atoms with E-state index in [1.165, 1.54) is 25.7 Å². The number of rotatable bonds is 6. The van der Waals surface area contributed by atoms with Gasteiger partial charge in [0, 0.05) is 32.3 Å². The standard InChI is InChI=1S/C14H30N2O/c1-13(2)6-8-14(12-15,9-7-13)16(3)10-5-11-17-4/h5-12,15H2,1-4H3. The van der Waals surface area contributed by atoms with Crippen LogP contribution in [0.1, 0.15) is 46.0 Å². The molecule has 0 aromatic heterocycles. The van der Waals surface area contributed by atoms with Gasteiger partial charge < -0.3 is 10.5 Å². The van der Waals surface area contributed by atoms with Crippen LogP contribution in [-0.4, -0.2) is 44.3 Å². The molecule has 0 bridgehead atoms. The van der Waals surface area contributed by atoms with Gasteiger partial charge in [-0.05, 0) is 44.6 Å². The molecule has 2 N–H and O–H groups in total. The number of methoxy groups -OCH3 is 1. The summed E-state index contributed by atoms with van der Waals surface area (Å²) in [7, 11) is 3.99. The summed E-state index contributed by atoms with van der Waals surface area (Å²) in [5.41, 5.74) is 6.80. The monoisotopic (exact) mass is 242 g/mol. The fourth-order valence-corrected chi connectivity index (χ4v) is 2.82. The SMILES string of the molecule is COCCCN(C)C1(CN)CCC(C)(C)CC1. The first-order chi connectivity index (χ1) is 7.96. The highest BCUT2D eigenvalue weighted by molar-refractivity contribution is 4.96. The molecule has 1 saturated carbocycles. The van der Waals surface area contributed by atoms with E-state index in [0.29, 0.717) is 5.41 Å². The van der Waals surface area contributed by atoms with Gasteiger partial charge in [-0.15, -0.1) is 0 Å². The van der Waals surface area contributed by atoms with E-state index >= 15 is 0 Å². The first-order valence-electron chi connectivity index (χ1n) is 6.86. The van der Waals surface area contributed by atoms with Crippen molar-refractivity contribution in [3.63, 3.8) is 0 Å².